The van der Waals surface area contributed by atoms with Crippen molar-refractivity contribution in [2.24, 2.45) is 10.8 Å². The van der Waals surface area contributed by atoms with E-state index in [2.05, 4.69) is 0 Å². The lowest BCUT2D eigenvalue weighted by atomic mass is 9.67. The first kappa shape index (κ1) is 21.6. The quantitative estimate of drug-likeness (QED) is 0.632. The van der Waals surface area contributed by atoms with Crippen LogP contribution in [-0.4, -0.2) is 21.8 Å². The first-order valence-corrected chi connectivity index (χ1v) is 10.0. The van der Waals surface area contributed by atoms with Crippen LogP contribution in [0.1, 0.15) is 64.9 Å². The summed E-state index contributed by atoms with van der Waals surface area (Å²) in [6.07, 6.45) is 0.891. The van der Waals surface area contributed by atoms with Crippen molar-refractivity contribution in [3.8, 4) is 0 Å². The van der Waals surface area contributed by atoms with Crippen LogP contribution in [0.25, 0.3) is 0 Å². The third-order valence-electron chi connectivity index (χ3n) is 5.65. The van der Waals surface area contributed by atoms with Crippen LogP contribution in [0.4, 0.5) is 4.39 Å². The summed E-state index contributed by atoms with van der Waals surface area (Å²) in [6.45, 7) is 7.50. The highest BCUT2D eigenvalue weighted by molar-refractivity contribution is 6.30. The number of aliphatic hydroxyl groups excluding tert-OH is 2. The molecular formula is C23H26ClFO4. The number of carbonyl (C=O) groups excluding carboxylic acids is 2. The molecule has 2 N–H and O–H groups in total. The Bertz CT molecular complexity index is 904. The Morgan fingerprint density at radius 2 is 1.34 bits per heavy atom. The van der Waals surface area contributed by atoms with Gasteiger partial charge in [0.25, 0.3) is 0 Å². The minimum atomic E-state index is -1.03. The molecule has 0 aliphatic heterocycles. The fraction of sp³-hybridized carbons (Fsp3) is 0.478. The van der Waals surface area contributed by atoms with Gasteiger partial charge in [-0.15, -0.1) is 0 Å². The molecule has 1 aromatic carbocycles. The van der Waals surface area contributed by atoms with Crippen LogP contribution < -0.4 is 0 Å². The van der Waals surface area contributed by atoms with Gasteiger partial charge in [-0.05, 0) is 28.5 Å². The average molecular weight is 421 g/mol. The van der Waals surface area contributed by atoms with Gasteiger partial charge in [-0.2, -0.15) is 0 Å². The molecule has 0 bridgehead atoms. The van der Waals surface area contributed by atoms with Gasteiger partial charge in [-0.1, -0.05) is 45.4 Å². The normalized spacial score (nSPS) is 21.9. The second-order valence-corrected chi connectivity index (χ2v) is 10.1. The molecule has 3 rings (SSSR count). The molecule has 1 aromatic rings. The highest BCUT2D eigenvalue weighted by atomic mass is 35.5. The van der Waals surface area contributed by atoms with Gasteiger partial charge < -0.3 is 10.2 Å². The summed E-state index contributed by atoms with van der Waals surface area (Å²) in [5, 5.41) is 21.4. The number of ketones is 2. The molecule has 0 radical (unpaired) electrons. The van der Waals surface area contributed by atoms with E-state index in [4.69, 9.17) is 11.6 Å². The molecule has 0 fully saturated rings. The number of benzene rings is 1. The summed E-state index contributed by atoms with van der Waals surface area (Å²) in [4.78, 5) is 26.0. The van der Waals surface area contributed by atoms with Gasteiger partial charge in [0.2, 0.25) is 0 Å². The van der Waals surface area contributed by atoms with Crippen molar-refractivity contribution in [2.45, 2.75) is 59.3 Å². The molecule has 4 nitrogen and oxygen atoms in total. The van der Waals surface area contributed by atoms with Crippen molar-refractivity contribution in [2.75, 3.05) is 0 Å². The Morgan fingerprint density at radius 1 is 0.897 bits per heavy atom. The zero-order valence-corrected chi connectivity index (χ0v) is 17.9. The van der Waals surface area contributed by atoms with E-state index in [9.17, 15) is 24.2 Å². The minimum Gasteiger partial charge on any atom is -0.512 e. The van der Waals surface area contributed by atoms with Gasteiger partial charge in [0.15, 0.2) is 11.6 Å². The third kappa shape index (κ3) is 4.25. The maximum atomic E-state index is 14.2. The van der Waals surface area contributed by atoms with Crippen molar-refractivity contribution in [3.63, 3.8) is 0 Å². The standard InChI is InChI=1S/C23H26ClFO4/c1-22(2)8-15(26)20(16(27)9-22)19(12-5-6-13(24)14(25)7-12)21-17(28)10-23(3,4)11-18(21)29/h5-7,19,26,28H,8-11H2,1-4H3. The van der Waals surface area contributed by atoms with Crippen molar-refractivity contribution in [3.05, 3.63) is 57.3 Å². The monoisotopic (exact) mass is 420 g/mol. The minimum absolute atomic E-state index is 0.0562. The summed E-state index contributed by atoms with van der Waals surface area (Å²) < 4.78 is 14.2. The van der Waals surface area contributed by atoms with Crippen molar-refractivity contribution >= 4 is 23.2 Å². The van der Waals surface area contributed by atoms with E-state index in [0.29, 0.717) is 5.56 Å². The molecule has 6 heteroatoms. The largest absolute Gasteiger partial charge is 0.512 e. The Balaban J connectivity index is 2.25. The first-order chi connectivity index (χ1) is 13.3. The van der Waals surface area contributed by atoms with E-state index in [1.807, 2.05) is 27.7 Å². The number of hydrogen-bond donors (Lipinski definition) is 2. The number of rotatable bonds is 3. The smallest absolute Gasteiger partial charge is 0.163 e. The Kier molecular flexibility index (Phi) is 5.41. The van der Waals surface area contributed by atoms with Crippen molar-refractivity contribution in [1.29, 1.82) is 0 Å². The van der Waals surface area contributed by atoms with Gasteiger partial charge in [-0.3, -0.25) is 9.59 Å². The average Bonchev–Trinajstić information content (AvgIpc) is 2.52. The summed E-state index contributed by atoms with van der Waals surface area (Å²) in [5.41, 5.74) is -0.428. The van der Waals surface area contributed by atoms with Crippen LogP contribution in [0.5, 0.6) is 0 Å². The Hall–Kier alpha value is -2.14. The maximum absolute atomic E-state index is 14.2. The second-order valence-electron chi connectivity index (χ2n) is 9.71. The highest BCUT2D eigenvalue weighted by Gasteiger charge is 2.43. The number of hydrogen-bond acceptors (Lipinski definition) is 4. The number of halogens is 2. The Morgan fingerprint density at radius 3 is 1.72 bits per heavy atom. The predicted octanol–water partition coefficient (Wildman–Crippen LogP) is 5.97. The fourth-order valence-corrected chi connectivity index (χ4v) is 4.55. The summed E-state index contributed by atoms with van der Waals surface area (Å²) in [7, 11) is 0. The van der Waals surface area contributed by atoms with Gasteiger partial charge in [0, 0.05) is 42.7 Å². The number of Topliss-reactive ketones (excluding diaryl/α,β-unsaturated/α-hetero) is 2. The molecule has 0 amide bonds. The highest BCUT2D eigenvalue weighted by Crippen LogP contribution is 2.48. The number of allylic oxidation sites excluding steroid dienone is 4. The van der Waals surface area contributed by atoms with E-state index >= 15 is 0 Å². The van der Waals surface area contributed by atoms with Crippen LogP contribution in [0.15, 0.2) is 40.9 Å². The summed E-state index contributed by atoms with van der Waals surface area (Å²) in [6, 6.07) is 4.03. The molecule has 29 heavy (non-hydrogen) atoms. The van der Waals surface area contributed by atoms with Gasteiger partial charge >= 0.3 is 0 Å². The summed E-state index contributed by atoms with van der Waals surface area (Å²) in [5.74, 6) is -2.58. The van der Waals surface area contributed by atoms with Crippen molar-refractivity contribution in [1.82, 2.24) is 0 Å². The maximum Gasteiger partial charge on any atom is 0.163 e. The van der Waals surface area contributed by atoms with E-state index in [1.165, 1.54) is 12.1 Å². The molecule has 0 saturated heterocycles. The zero-order valence-electron chi connectivity index (χ0n) is 17.1. The van der Waals surface area contributed by atoms with Crippen LogP contribution in [0, 0.1) is 16.6 Å². The Labute approximate surface area is 175 Å². The van der Waals surface area contributed by atoms with E-state index in [0.717, 1.165) is 6.07 Å². The molecule has 0 heterocycles. The van der Waals surface area contributed by atoms with E-state index < -0.39 is 22.6 Å². The lowest BCUT2D eigenvalue weighted by molar-refractivity contribution is -0.119. The molecule has 0 unspecified atom stereocenters. The van der Waals surface area contributed by atoms with Crippen LogP contribution in [0.2, 0.25) is 5.02 Å². The van der Waals surface area contributed by atoms with Crippen LogP contribution >= 0.6 is 11.6 Å². The van der Waals surface area contributed by atoms with Gasteiger partial charge in [0.05, 0.1) is 5.02 Å². The molecule has 0 atom stereocenters. The van der Waals surface area contributed by atoms with E-state index in [-0.39, 0.29) is 64.9 Å². The fourth-order valence-electron chi connectivity index (χ4n) is 4.43. The molecule has 2 aliphatic carbocycles. The van der Waals surface area contributed by atoms with Crippen molar-refractivity contribution < 1.29 is 24.2 Å². The first-order valence-electron chi connectivity index (χ1n) is 9.67. The van der Waals surface area contributed by atoms with Gasteiger partial charge in [0.1, 0.15) is 17.3 Å². The molecule has 0 aromatic heterocycles. The topological polar surface area (TPSA) is 74.6 Å². The second kappa shape index (κ2) is 7.28. The number of carbonyl (C=O) groups is 2. The van der Waals surface area contributed by atoms with Crippen LogP contribution in [-0.2, 0) is 9.59 Å². The van der Waals surface area contributed by atoms with Gasteiger partial charge in [-0.25, -0.2) is 4.39 Å². The summed E-state index contributed by atoms with van der Waals surface area (Å²) >= 11 is 5.81. The third-order valence-corrected chi connectivity index (χ3v) is 5.95. The number of aliphatic hydroxyl groups is 2. The molecule has 0 spiro atoms. The van der Waals surface area contributed by atoms with E-state index in [1.54, 1.807) is 0 Å². The molecule has 0 saturated carbocycles. The van der Waals surface area contributed by atoms with Crippen LogP contribution in [0.3, 0.4) is 0 Å². The molecule has 2 aliphatic rings. The predicted molar refractivity (Wildman–Crippen MR) is 110 cm³/mol. The molecular weight excluding hydrogens is 395 g/mol. The lowest BCUT2D eigenvalue weighted by Crippen LogP contribution is -2.33. The SMILES string of the molecule is CC1(C)CC(=O)C(C(C2=C(O)CC(C)(C)CC2=O)c2ccc(Cl)c(F)c2)=C(O)C1. The molecule has 156 valence electrons. The lowest BCUT2D eigenvalue weighted by Gasteiger charge is -2.36. The zero-order chi connectivity index (χ0) is 21.7.